The van der Waals surface area contributed by atoms with Crippen LogP contribution in [0.1, 0.15) is 5.56 Å². The second kappa shape index (κ2) is 4.25. The summed E-state index contributed by atoms with van der Waals surface area (Å²) in [7, 11) is -3.91. The molecule has 1 aromatic carbocycles. The summed E-state index contributed by atoms with van der Waals surface area (Å²) in [4.78, 5) is 17.3. The summed E-state index contributed by atoms with van der Waals surface area (Å²) >= 11 is 5.80. The normalized spacial score (nSPS) is 11.6. The molecule has 0 fully saturated rings. The molecule has 3 nitrogen and oxygen atoms in total. The number of halogens is 1. The summed E-state index contributed by atoms with van der Waals surface area (Å²) in [6.07, 6.45) is 0.153. The standard InChI is InChI=1S/C8H10ClO3P/c9-8-4-2-1-3-7(8)5-6-13(10,11)12/h1-4H,5-6H2,(H2,10,11,12). The first kappa shape index (κ1) is 10.7. The number of hydrogen-bond donors (Lipinski definition) is 2. The third-order valence-corrected chi connectivity index (χ3v) is 2.81. The predicted molar refractivity (Wildman–Crippen MR) is 52.1 cm³/mol. The van der Waals surface area contributed by atoms with Crippen molar-refractivity contribution in [2.75, 3.05) is 6.16 Å². The highest BCUT2D eigenvalue weighted by Crippen LogP contribution is 2.35. The molecule has 0 atom stereocenters. The van der Waals surface area contributed by atoms with E-state index in [2.05, 4.69) is 0 Å². The predicted octanol–water partition coefficient (Wildman–Crippen LogP) is 2.06. The third kappa shape index (κ3) is 3.92. The lowest BCUT2D eigenvalue weighted by Crippen LogP contribution is -1.94. The van der Waals surface area contributed by atoms with Gasteiger partial charge >= 0.3 is 7.60 Å². The van der Waals surface area contributed by atoms with Crippen LogP contribution in [0.4, 0.5) is 0 Å². The second-order valence-electron chi connectivity index (χ2n) is 2.73. The van der Waals surface area contributed by atoms with Crippen molar-refractivity contribution >= 4 is 19.2 Å². The van der Waals surface area contributed by atoms with Crippen molar-refractivity contribution in [3.8, 4) is 0 Å². The fourth-order valence-electron chi connectivity index (χ4n) is 0.967. The number of aryl methyl sites for hydroxylation is 1. The maximum atomic E-state index is 10.6. The maximum Gasteiger partial charge on any atom is 0.325 e. The van der Waals surface area contributed by atoms with E-state index in [9.17, 15) is 4.57 Å². The first-order valence-corrected chi connectivity index (χ1v) is 5.94. The van der Waals surface area contributed by atoms with Gasteiger partial charge in [0, 0.05) is 5.02 Å². The van der Waals surface area contributed by atoms with Gasteiger partial charge in [0.25, 0.3) is 0 Å². The Balaban J connectivity index is 2.65. The van der Waals surface area contributed by atoms with E-state index in [-0.39, 0.29) is 6.16 Å². The minimum absolute atomic E-state index is 0.156. The van der Waals surface area contributed by atoms with Crippen LogP contribution in [-0.4, -0.2) is 15.9 Å². The van der Waals surface area contributed by atoms with Crippen molar-refractivity contribution < 1.29 is 14.4 Å². The molecule has 0 saturated heterocycles. The zero-order valence-electron chi connectivity index (χ0n) is 6.85. The average Bonchev–Trinajstić information content (AvgIpc) is 2.01. The zero-order valence-corrected chi connectivity index (χ0v) is 8.50. The van der Waals surface area contributed by atoms with Gasteiger partial charge in [0.05, 0.1) is 6.16 Å². The molecule has 1 rings (SSSR count). The molecule has 72 valence electrons. The minimum Gasteiger partial charge on any atom is -0.324 e. The van der Waals surface area contributed by atoms with Crippen molar-refractivity contribution in [3.63, 3.8) is 0 Å². The molecule has 0 radical (unpaired) electrons. The molecule has 1 aromatic rings. The Hall–Kier alpha value is -0.340. The minimum atomic E-state index is -3.91. The molecule has 0 spiro atoms. The number of hydrogen-bond acceptors (Lipinski definition) is 1. The van der Waals surface area contributed by atoms with Gasteiger partial charge in [-0.3, -0.25) is 4.57 Å². The van der Waals surface area contributed by atoms with E-state index < -0.39 is 7.60 Å². The first-order chi connectivity index (χ1) is 5.99. The van der Waals surface area contributed by atoms with Crippen molar-refractivity contribution in [2.45, 2.75) is 6.42 Å². The third-order valence-electron chi connectivity index (χ3n) is 1.63. The molecule has 0 aliphatic carbocycles. The molecule has 5 heteroatoms. The Bertz CT molecular complexity index is 334. The summed E-state index contributed by atoms with van der Waals surface area (Å²) in [6, 6.07) is 7.04. The summed E-state index contributed by atoms with van der Waals surface area (Å²) in [5, 5.41) is 0.552. The summed E-state index contributed by atoms with van der Waals surface area (Å²) < 4.78 is 10.6. The summed E-state index contributed by atoms with van der Waals surface area (Å²) in [5.41, 5.74) is 0.771. The van der Waals surface area contributed by atoms with E-state index in [1.165, 1.54) is 0 Å². The molecule has 0 bridgehead atoms. The quantitative estimate of drug-likeness (QED) is 0.767. The van der Waals surface area contributed by atoms with Crippen LogP contribution in [-0.2, 0) is 11.0 Å². The first-order valence-electron chi connectivity index (χ1n) is 3.77. The summed E-state index contributed by atoms with van der Waals surface area (Å²) in [5.74, 6) is 0. The highest BCUT2D eigenvalue weighted by atomic mass is 35.5. The van der Waals surface area contributed by atoms with Gasteiger partial charge in [0.1, 0.15) is 0 Å². The largest absolute Gasteiger partial charge is 0.325 e. The van der Waals surface area contributed by atoms with E-state index in [4.69, 9.17) is 21.4 Å². The Labute approximate surface area is 81.5 Å². The molecule has 0 unspecified atom stereocenters. The molecule has 13 heavy (non-hydrogen) atoms. The van der Waals surface area contributed by atoms with Crippen LogP contribution in [0, 0.1) is 0 Å². The molecule has 2 N–H and O–H groups in total. The van der Waals surface area contributed by atoms with Crippen LogP contribution in [0.2, 0.25) is 5.02 Å². The van der Waals surface area contributed by atoms with E-state index >= 15 is 0 Å². The SMILES string of the molecule is O=P(O)(O)CCc1ccccc1Cl. The van der Waals surface area contributed by atoms with Crippen molar-refractivity contribution in [1.82, 2.24) is 0 Å². The van der Waals surface area contributed by atoms with Gasteiger partial charge in [-0.2, -0.15) is 0 Å². The van der Waals surface area contributed by atoms with E-state index in [0.29, 0.717) is 11.4 Å². The molecule has 0 aliphatic heterocycles. The fraction of sp³-hybridized carbons (Fsp3) is 0.250. The highest BCUT2D eigenvalue weighted by molar-refractivity contribution is 7.51. The smallest absolute Gasteiger partial charge is 0.324 e. The maximum absolute atomic E-state index is 10.6. The number of benzene rings is 1. The Morgan fingerprint density at radius 1 is 1.31 bits per heavy atom. The van der Waals surface area contributed by atoms with Crippen LogP contribution in [0.15, 0.2) is 24.3 Å². The van der Waals surface area contributed by atoms with E-state index in [1.807, 2.05) is 0 Å². The van der Waals surface area contributed by atoms with Crippen LogP contribution < -0.4 is 0 Å². The van der Waals surface area contributed by atoms with Gasteiger partial charge in [-0.1, -0.05) is 29.8 Å². The van der Waals surface area contributed by atoms with Gasteiger partial charge in [-0.15, -0.1) is 0 Å². The molecular weight excluding hydrogens is 211 g/mol. The average molecular weight is 221 g/mol. The number of rotatable bonds is 3. The monoisotopic (exact) mass is 220 g/mol. The van der Waals surface area contributed by atoms with Gasteiger partial charge in [0.15, 0.2) is 0 Å². The van der Waals surface area contributed by atoms with Gasteiger partial charge < -0.3 is 9.79 Å². The lowest BCUT2D eigenvalue weighted by Gasteiger charge is -2.04. The Morgan fingerprint density at radius 2 is 1.92 bits per heavy atom. The topological polar surface area (TPSA) is 57.5 Å². The Morgan fingerprint density at radius 3 is 2.46 bits per heavy atom. The Kier molecular flexibility index (Phi) is 3.51. The molecule has 0 amide bonds. The summed E-state index contributed by atoms with van der Waals surface area (Å²) in [6.45, 7) is 0. The molecule has 0 aliphatic rings. The van der Waals surface area contributed by atoms with Crippen molar-refractivity contribution in [1.29, 1.82) is 0 Å². The van der Waals surface area contributed by atoms with Crippen LogP contribution in [0.3, 0.4) is 0 Å². The van der Waals surface area contributed by atoms with Crippen molar-refractivity contribution in [2.24, 2.45) is 0 Å². The lowest BCUT2D eigenvalue weighted by atomic mass is 10.2. The van der Waals surface area contributed by atoms with E-state index in [0.717, 1.165) is 5.56 Å². The fourth-order valence-corrected chi connectivity index (χ4v) is 1.73. The lowest BCUT2D eigenvalue weighted by molar-refractivity contribution is 0.373. The van der Waals surface area contributed by atoms with Gasteiger partial charge in [0.2, 0.25) is 0 Å². The van der Waals surface area contributed by atoms with Crippen LogP contribution in [0.5, 0.6) is 0 Å². The molecule has 0 heterocycles. The zero-order chi connectivity index (χ0) is 9.90. The highest BCUT2D eigenvalue weighted by Gasteiger charge is 2.13. The molecule has 0 aromatic heterocycles. The van der Waals surface area contributed by atoms with E-state index in [1.54, 1.807) is 24.3 Å². The second-order valence-corrected chi connectivity index (χ2v) is 4.91. The van der Waals surface area contributed by atoms with Crippen LogP contribution in [0.25, 0.3) is 0 Å². The van der Waals surface area contributed by atoms with Crippen LogP contribution >= 0.6 is 19.2 Å². The molecule has 0 saturated carbocycles. The van der Waals surface area contributed by atoms with Gasteiger partial charge in [-0.25, -0.2) is 0 Å². The van der Waals surface area contributed by atoms with Crippen molar-refractivity contribution in [3.05, 3.63) is 34.9 Å². The van der Waals surface area contributed by atoms with Gasteiger partial charge in [-0.05, 0) is 18.1 Å². The molecular formula is C8H10ClO3P.